The lowest BCUT2D eigenvalue weighted by Gasteiger charge is -2.41. The van der Waals surface area contributed by atoms with Gasteiger partial charge in [0.15, 0.2) is 21.9 Å². The number of rotatable bonds is 4. The van der Waals surface area contributed by atoms with Crippen molar-refractivity contribution in [2.24, 2.45) is 0 Å². The molecule has 4 aliphatic heterocycles. The third-order valence-corrected chi connectivity index (χ3v) is 11.7. The zero-order valence-corrected chi connectivity index (χ0v) is 30.7. The summed E-state index contributed by atoms with van der Waals surface area (Å²) < 4.78 is 44.9. The van der Waals surface area contributed by atoms with E-state index in [9.17, 15) is 23.2 Å². The number of carbonyl (C=O) groups excluding carboxylic acids is 3. The second-order valence-corrected chi connectivity index (χ2v) is 16.2. The maximum atomic E-state index is 14.5. The quantitative estimate of drug-likeness (QED) is 0.196. The first-order valence-corrected chi connectivity index (χ1v) is 18.6. The monoisotopic (exact) mass is 742 g/mol. The molecular formula is C35H40F2N6O6S2. The van der Waals surface area contributed by atoms with Crippen molar-refractivity contribution in [3.63, 3.8) is 0 Å². The normalized spacial score (nSPS) is 22.6. The summed E-state index contributed by atoms with van der Waals surface area (Å²) >= 11 is 2.81. The van der Waals surface area contributed by atoms with E-state index in [1.54, 1.807) is 17.0 Å². The minimum Gasteiger partial charge on any atom is -0.465 e. The molecule has 0 saturated carbocycles. The van der Waals surface area contributed by atoms with E-state index in [4.69, 9.17) is 9.47 Å². The molecule has 0 aliphatic carbocycles. The largest absolute Gasteiger partial charge is 0.465 e. The van der Waals surface area contributed by atoms with Gasteiger partial charge in [-0.15, -0.1) is 0 Å². The first-order valence-electron chi connectivity index (χ1n) is 17.0. The standard InChI is InChI=1S/C20H24FN3O4S.C15H16FN3O2S/c1-20(2,3)28-19(26)23-9-12-5-6-13(10-23)24(12)18-22-16-14(21)7-11(17(25)27-4)8-15(16)29-18;1-21-14(20)8-4-11(16)13-12(5-8)22-15(18-13)19-9-2-3-10(19)7-17-6-9/h7-8,12-13H,5-6,9-10H2,1-4H3;4-5,9-10,17H,2-3,6-7H2,1H3. The Balaban J connectivity index is 0.000000165. The zero-order valence-electron chi connectivity index (χ0n) is 29.0. The second kappa shape index (κ2) is 13.8. The smallest absolute Gasteiger partial charge is 0.410 e. The molecule has 51 heavy (non-hydrogen) atoms. The minimum absolute atomic E-state index is 0.116. The first-order chi connectivity index (χ1) is 24.3. The van der Waals surface area contributed by atoms with Crippen LogP contribution in [0.2, 0.25) is 0 Å². The van der Waals surface area contributed by atoms with E-state index in [1.807, 2.05) is 20.8 Å². The average molecular weight is 743 g/mol. The van der Waals surface area contributed by atoms with Crippen LogP contribution in [-0.4, -0.2) is 103 Å². The number of aromatic nitrogens is 2. The van der Waals surface area contributed by atoms with Crippen molar-refractivity contribution in [2.45, 2.75) is 76.2 Å². The molecule has 6 heterocycles. The van der Waals surface area contributed by atoms with Gasteiger partial charge >= 0.3 is 18.0 Å². The maximum Gasteiger partial charge on any atom is 0.410 e. The highest BCUT2D eigenvalue weighted by molar-refractivity contribution is 7.22. The molecule has 272 valence electrons. The summed E-state index contributed by atoms with van der Waals surface area (Å²) in [5, 5.41) is 4.99. The Bertz CT molecular complexity index is 1970. The number of anilines is 2. The summed E-state index contributed by atoms with van der Waals surface area (Å²) in [4.78, 5) is 51.1. The molecule has 4 saturated heterocycles. The molecule has 16 heteroatoms. The molecular weight excluding hydrogens is 703 g/mol. The topological polar surface area (TPSA) is 126 Å². The number of nitrogens with zero attached hydrogens (tertiary/aromatic N) is 5. The predicted octanol–water partition coefficient (Wildman–Crippen LogP) is 5.97. The molecule has 2 aromatic carbocycles. The van der Waals surface area contributed by atoms with Gasteiger partial charge in [-0.2, -0.15) is 0 Å². The Morgan fingerprint density at radius 3 is 1.61 bits per heavy atom. The molecule has 4 bridgehead atoms. The molecule has 4 aliphatic rings. The van der Waals surface area contributed by atoms with Crippen LogP contribution in [-0.2, 0) is 14.2 Å². The number of hydrogen-bond acceptors (Lipinski definition) is 13. The highest BCUT2D eigenvalue weighted by atomic mass is 32.1. The van der Waals surface area contributed by atoms with Crippen LogP contribution in [0.3, 0.4) is 0 Å². The van der Waals surface area contributed by atoms with Gasteiger partial charge in [-0.25, -0.2) is 33.1 Å². The first kappa shape index (κ1) is 35.3. The van der Waals surface area contributed by atoms with Gasteiger partial charge in [0, 0.05) is 50.3 Å². The fourth-order valence-corrected chi connectivity index (χ4v) is 9.75. The lowest BCUT2D eigenvalue weighted by Crippen LogP contribution is -2.56. The molecule has 0 radical (unpaired) electrons. The van der Waals surface area contributed by atoms with Crippen LogP contribution in [0.25, 0.3) is 20.4 Å². The highest BCUT2D eigenvalue weighted by Crippen LogP contribution is 2.41. The number of esters is 2. The molecule has 4 fully saturated rings. The molecule has 12 nitrogen and oxygen atoms in total. The van der Waals surface area contributed by atoms with Gasteiger partial charge in [0.2, 0.25) is 0 Å². The van der Waals surface area contributed by atoms with Crippen molar-refractivity contribution >= 4 is 71.4 Å². The number of ether oxygens (including phenoxy) is 3. The van der Waals surface area contributed by atoms with Crippen LogP contribution in [0.15, 0.2) is 24.3 Å². The second-order valence-electron chi connectivity index (χ2n) is 14.2. The Morgan fingerprint density at radius 1 is 0.745 bits per heavy atom. The van der Waals surface area contributed by atoms with Crippen molar-refractivity contribution in [1.29, 1.82) is 0 Å². The number of methoxy groups -OCH3 is 2. The number of hydrogen-bond donors (Lipinski definition) is 1. The summed E-state index contributed by atoms with van der Waals surface area (Å²) in [5.41, 5.74) is 0.462. The van der Waals surface area contributed by atoms with E-state index in [0.29, 0.717) is 40.1 Å². The number of thiazole rings is 2. The third-order valence-electron chi connectivity index (χ3n) is 9.67. The number of benzene rings is 2. The van der Waals surface area contributed by atoms with Crippen molar-refractivity contribution < 1.29 is 37.4 Å². The lowest BCUT2D eigenvalue weighted by atomic mass is 10.2. The zero-order chi connectivity index (χ0) is 36.2. The van der Waals surface area contributed by atoms with E-state index >= 15 is 0 Å². The fourth-order valence-electron chi connectivity index (χ4n) is 7.43. The minimum atomic E-state index is -0.577. The number of halogens is 2. The summed E-state index contributed by atoms with van der Waals surface area (Å²) in [6.45, 7) is 8.56. The predicted molar refractivity (Wildman–Crippen MR) is 191 cm³/mol. The maximum absolute atomic E-state index is 14.5. The third kappa shape index (κ3) is 6.92. The van der Waals surface area contributed by atoms with Crippen LogP contribution >= 0.6 is 22.7 Å². The van der Waals surface area contributed by atoms with Crippen molar-refractivity contribution in [2.75, 3.05) is 50.2 Å². The van der Waals surface area contributed by atoms with Gasteiger partial charge < -0.3 is 34.2 Å². The van der Waals surface area contributed by atoms with E-state index < -0.39 is 29.2 Å². The Hall–Kier alpha value is -4.15. The molecule has 4 atom stereocenters. The van der Waals surface area contributed by atoms with E-state index in [1.165, 1.54) is 43.0 Å². The molecule has 4 unspecified atom stereocenters. The number of likely N-dealkylation sites (tertiary alicyclic amines) is 1. The molecule has 0 spiro atoms. The van der Waals surface area contributed by atoms with Gasteiger partial charge in [-0.3, -0.25) is 0 Å². The highest BCUT2D eigenvalue weighted by Gasteiger charge is 2.44. The van der Waals surface area contributed by atoms with Gasteiger partial charge in [-0.05, 0) is 70.7 Å². The number of nitrogens with one attached hydrogen (secondary N) is 1. The summed E-state index contributed by atoms with van der Waals surface area (Å²) in [6, 6.07) is 6.73. The molecule has 1 N–H and O–H groups in total. The van der Waals surface area contributed by atoms with Gasteiger partial charge in [0.05, 0.1) is 34.7 Å². The Labute approximate surface area is 301 Å². The molecule has 8 rings (SSSR count). The SMILES string of the molecule is COC(=O)c1cc(F)c2nc(N3C4CCC3CN(C(=O)OC(C)(C)C)C4)sc2c1.COC(=O)c1cc(F)c2nc(N3C4CCC3CNC4)sc2c1. The van der Waals surface area contributed by atoms with Crippen molar-refractivity contribution in [3.8, 4) is 0 Å². The number of piperazine rings is 2. The lowest BCUT2D eigenvalue weighted by molar-refractivity contribution is 0.0209. The van der Waals surface area contributed by atoms with Gasteiger partial charge in [0.1, 0.15) is 16.6 Å². The number of amides is 1. The summed E-state index contributed by atoms with van der Waals surface area (Å²) in [7, 11) is 2.56. The van der Waals surface area contributed by atoms with Crippen LogP contribution < -0.4 is 15.1 Å². The van der Waals surface area contributed by atoms with Crippen LogP contribution in [0.1, 0.15) is 67.2 Å². The molecule has 2 aromatic heterocycles. The molecule has 4 aromatic rings. The van der Waals surface area contributed by atoms with Crippen molar-refractivity contribution in [3.05, 3.63) is 47.0 Å². The molecule has 1 amide bonds. The van der Waals surface area contributed by atoms with E-state index in [2.05, 4.69) is 29.8 Å². The van der Waals surface area contributed by atoms with Crippen LogP contribution in [0.4, 0.5) is 23.8 Å². The Morgan fingerprint density at radius 2 is 1.18 bits per heavy atom. The van der Waals surface area contributed by atoms with Crippen LogP contribution in [0, 0.1) is 11.6 Å². The Kier molecular flexibility index (Phi) is 9.52. The summed E-state index contributed by atoms with van der Waals surface area (Å²) in [6.07, 6.45) is 3.87. The van der Waals surface area contributed by atoms with Crippen LogP contribution in [0.5, 0.6) is 0 Å². The average Bonchev–Trinajstić information content (AvgIpc) is 3.84. The van der Waals surface area contributed by atoms with E-state index in [-0.39, 0.29) is 34.8 Å². The summed E-state index contributed by atoms with van der Waals surface area (Å²) in [5.74, 6) is -2.11. The fraction of sp³-hybridized carbons (Fsp3) is 0.514. The van der Waals surface area contributed by atoms with E-state index in [0.717, 1.165) is 55.1 Å². The van der Waals surface area contributed by atoms with Gasteiger partial charge in [0.25, 0.3) is 0 Å². The number of carbonyl (C=O) groups is 3. The number of fused-ring (bicyclic) bond motifs is 6. The van der Waals surface area contributed by atoms with Crippen molar-refractivity contribution in [1.82, 2.24) is 20.2 Å². The van der Waals surface area contributed by atoms with Gasteiger partial charge in [-0.1, -0.05) is 22.7 Å².